The predicted molar refractivity (Wildman–Crippen MR) is 119 cm³/mol. The van der Waals surface area contributed by atoms with Crippen LogP contribution in [0.1, 0.15) is 89.1 Å². The minimum atomic E-state index is -1.17. The van der Waals surface area contributed by atoms with Gasteiger partial charge in [0.15, 0.2) is 0 Å². The average molecular weight is 407 g/mol. The molecule has 158 valence electrons. The zero-order chi connectivity index (χ0) is 22.4. The maximum atomic E-state index is 11.9. The van der Waals surface area contributed by atoms with Crippen molar-refractivity contribution in [2.24, 2.45) is 0 Å². The number of carbonyl (C=O) groups excluding carboxylic acids is 1. The van der Waals surface area contributed by atoms with Gasteiger partial charge in [0.05, 0.1) is 18.2 Å². The Kier molecular flexibility index (Phi) is 5.40. The van der Waals surface area contributed by atoms with E-state index in [1.165, 1.54) is 30.4 Å². The Labute approximate surface area is 178 Å². The van der Waals surface area contributed by atoms with Gasteiger partial charge in [0.25, 0.3) is 0 Å². The third-order valence-corrected chi connectivity index (χ3v) is 6.53. The summed E-state index contributed by atoms with van der Waals surface area (Å²) in [6, 6.07) is 9.22. The lowest BCUT2D eigenvalue weighted by Gasteiger charge is -2.42. The second kappa shape index (κ2) is 7.42. The number of esters is 1. The molecule has 1 aliphatic carbocycles. The van der Waals surface area contributed by atoms with Gasteiger partial charge in [0.1, 0.15) is 0 Å². The van der Waals surface area contributed by atoms with Gasteiger partial charge >= 0.3 is 11.9 Å². The quantitative estimate of drug-likeness (QED) is 0.643. The molecule has 0 spiro atoms. The summed E-state index contributed by atoms with van der Waals surface area (Å²) in [5.41, 5.74) is 6.36. The Hall–Kier alpha value is -2.88. The summed E-state index contributed by atoms with van der Waals surface area (Å²) < 4.78 is 4.71. The van der Waals surface area contributed by atoms with Crippen molar-refractivity contribution in [1.29, 1.82) is 0 Å². The molecule has 0 aromatic heterocycles. The predicted octanol–water partition coefficient (Wildman–Crippen LogP) is 5.89. The highest BCUT2D eigenvalue weighted by atomic mass is 16.5. The molecule has 0 aliphatic heterocycles. The van der Waals surface area contributed by atoms with Crippen LogP contribution in [0.2, 0.25) is 0 Å². The SMILES string of the molecule is C=C(c1ccc(C(=O)OC)c(C(=O)O)c1)c1cc2c(cc1C)C(C)(C)CCC2(C)C. The first-order valence-corrected chi connectivity index (χ1v) is 10.2. The molecule has 0 radical (unpaired) electrons. The number of rotatable bonds is 4. The van der Waals surface area contributed by atoms with Gasteiger partial charge in [0.2, 0.25) is 0 Å². The molecule has 0 bridgehead atoms. The number of methoxy groups -OCH3 is 1. The second-order valence-corrected chi connectivity index (χ2v) is 9.52. The van der Waals surface area contributed by atoms with E-state index in [2.05, 4.69) is 53.3 Å². The number of ether oxygens (including phenoxy) is 1. The number of aromatic carboxylic acids is 1. The molecule has 2 aromatic rings. The molecule has 2 aromatic carbocycles. The van der Waals surface area contributed by atoms with E-state index in [-0.39, 0.29) is 22.0 Å². The van der Waals surface area contributed by atoms with Crippen LogP contribution < -0.4 is 0 Å². The van der Waals surface area contributed by atoms with E-state index in [0.717, 1.165) is 29.5 Å². The number of carboxylic acids is 1. The molecule has 0 heterocycles. The Morgan fingerprint density at radius 1 is 0.933 bits per heavy atom. The molecular formula is C26H30O4. The lowest BCUT2D eigenvalue weighted by molar-refractivity contribution is 0.0582. The summed E-state index contributed by atoms with van der Waals surface area (Å²) in [4.78, 5) is 23.7. The normalized spacial score (nSPS) is 16.5. The molecule has 1 N–H and O–H groups in total. The molecule has 30 heavy (non-hydrogen) atoms. The number of carbonyl (C=O) groups is 2. The Balaban J connectivity index is 2.14. The first-order valence-electron chi connectivity index (χ1n) is 10.2. The van der Waals surface area contributed by atoms with Crippen LogP contribution in [0, 0.1) is 6.92 Å². The monoisotopic (exact) mass is 406 g/mol. The largest absolute Gasteiger partial charge is 0.478 e. The first-order chi connectivity index (χ1) is 13.9. The van der Waals surface area contributed by atoms with Gasteiger partial charge in [-0.15, -0.1) is 0 Å². The van der Waals surface area contributed by atoms with Crippen molar-refractivity contribution in [1.82, 2.24) is 0 Å². The van der Waals surface area contributed by atoms with Gasteiger partial charge in [0, 0.05) is 0 Å². The molecule has 4 nitrogen and oxygen atoms in total. The van der Waals surface area contributed by atoms with E-state index in [4.69, 9.17) is 4.74 Å². The molecule has 4 heteroatoms. The van der Waals surface area contributed by atoms with Crippen LogP contribution in [-0.2, 0) is 15.6 Å². The number of benzene rings is 2. The van der Waals surface area contributed by atoms with E-state index in [1.807, 2.05) is 0 Å². The van der Waals surface area contributed by atoms with Crippen LogP contribution in [0.15, 0.2) is 36.9 Å². The van der Waals surface area contributed by atoms with Crippen molar-refractivity contribution < 1.29 is 19.4 Å². The van der Waals surface area contributed by atoms with E-state index < -0.39 is 11.9 Å². The highest BCUT2D eigenvalue weighted by molar-refractivity contribution is 6.03. The van der Waals surface area contributed by atoms with E-state index in [1.54, 1.807) is 6.07 Å². The van der Waals surface area contributed by atoms with Crippen molar-refractivity contribution in [3.05, 3.63) is 75.9 Å². The van der Waals surface area contributed by atoms with Gasteiger partial charge in [-0.05, 0) is 76.1 Å². The molecule has 0 unspecified atom stereocenters. The van der Waals surface area contributed by atoms with E-state index in [9.17, 15) is 14.7 Å². The van der Waals surface area contributed by atoms with Crippen molar-refractivity contribution in [2.75, 3.05) is 7.11 Å². The zero-order valence-corrected chi connectivity index (χ0v) is 18.7. The maximum Gasteiger partial charge on any atom is 0.338 e. The van der Waals surface area contributed by atoms with Crippen molar-refractivity contribution in [2.45, 2.75) is 58.3 Å². The summed E-state index contributed by atoms with van der Waals surface area (Å²) in [5, 5.41) is 9.59. The lowest BCUT2D eigenvalue weighted by atomic mass is 9.62. The van der Waals surface area contributed by atoms with Crippen LogP contribution in [0.4, 0.5) is 0 Å². The summed E-state index contributed by atoms with van der Waals surface area (Å²) in [6.45, 7) is 15.5. The van der Waals surface area contributed by atoms with Crippen molar-refractivity contribution >= 4 is 17.5 Å². The van der Waals surface area contributed by atoms with Gasteiger partial charge in [-0.3, -0.25) is 0 Å². The molecule has 1 aliphatic rings. The maximum absolute atomic E-state index is 11.9. The Bertz CT molecular complexity index is 1060. The number of aryl methyl sites for hydroxylation is 1. The van der Waals surface area contributed by atoms with Crippen LogP contribution in [0.25, 0.3) is 5.57 Å². The summed E-state index contributed by atoms with van der Waals surface area (Å²) in [6.07, 6.45) is 2.25. The minimum absolute atomic E-state index is 0.0339. The molecule has 0 saturated carbocycles. The number of carboxylic acid groups (broad SMARTS) is 1. The molecule has 0 saturated heterocycles. The van der Waals surface area contributed by atoms with Crippen LogP contribution in [0.3, 0.4) is 0 Å². The zero-order valence-electron chi connectivity index (χ0n) is 18.7. The lowest BCUT2D eigenvalue weighted by Crippen LogP contribution is -2.34. The molecule has 0 fully saturated rings. The standard InChI is InChI=1S/C26H30O4/c1-15-12-21-22(26(5,6)11-10-25(21,3)4)14-19(15)16(2)17-8-9-18(24(29)30-7)20(13-17)23(27)28/h8-9,12-14H,2,10-11H2,1,3-7H3,(H,27,28). The second-order valence-electron chi connectivity index (χ2n) is 9.52. The average Bonchev–Trinajstić information content (AvgIpc) is 2.69. The fourth-order valence-corrected chi connectivity index (χ4v) is 4.40. The Morgan fingerprint density at radius 3 is 2.03 bits per heavy atom. The minimum Gasteiger partial charge on any atom is -0.478 e. The molecular weight excluding hydrogens is 376 g/mol. The van der Waals surface area contributed by atoms with Gasteiger partial charge in [-0.25, -0.2) is 9.59 Å². The highest BCUT2D eigenvalue weighted by Crippen LogP contribution is 2.47. The van der Waals surface area contributed by atoms with Crippen LogP contribution >= 0.6 is 0 Å². The van der Waals surface area contributed by atoms with Crippen molar-refractivity contribution in [3.8, 4) is 0 Å². The fraction of sp³-hybridized carbons (Fsp3) is 0.385. The molecule has 0 atom stereocenters. The van der Waals surface area contributed by atoms with Gasteiger partial charge in [-0.2, -0.15) is 0 Å². The number of fused-ring (bicyclic) bond motifs is 1. The highest BCUT2D eigenvalue weighted by Gasteiger charge is 2.37. The smallest absolute Gasteiger partial charge is 0.338 e. The third-order valence-electron chi connectivity index (χ3n) is 6.53. The number of hydrogen-bond donors (Lipinski definition) is 1. The van der Waals surface area contributed by atoms with E-state index >= 15 is 0 Å². The van der Waals surface area contributed by atoms with Gasteiger partial charge in [-0.1, -0.05) is 52.5 Å². The van der Waals surface area contributed by atoms with Crippen LogP contribution in [0.5, 0.6) is 0 Å². The first kappa shape index (κ1) is 21.8. The fourth-order valence-electron chi connectivity index (χ4n) is 4.40. The van der Waals surface area contributed by atoms with Gasteiger partial charge < -0.3 is 9.84 Å². The summed E-state index contributed by atoms with van der Waals surface area (Å²) in [7, 11) is 1.24. The Morgan fingerprint density at radius 2 is 1.50 bits per heavy atom. The van der Waals surface area contributed by atoms with E-state index in [0.29, 0.717) is 5.56 Å². The third kappa shape index (κ3) is 3.67. The summed E-state index contributed by atoms with van der Waals surface area (Å²) in [5.74, 6) is -1.84. The summed E-state index contributed by atoms with van der Waals surface area (Å²) >= 11 is 0. The molecule has 0 amide bonds. The number of hydrogen-bond acceptors (Lipinski definition) is 3. The topological polar surface area (TPSA) is 63.6 Å². The molecule has 3 rings (SSSR count). The van der Waals surface area contributed by atoms with Crippen molar-refractivity contribution in [3.63, 3.8) is 0 Å². The van der Waals surface area contributed by atoms with Crippen LogP contribution in [-0.4, -0.2) is 24.2 Å².